The topological polar surface area (TPSA) is 70.9 Å². The number of amides is 1. The van der Waals surface area contributed by atoms with E-state index in [1.54, 1.807) is 26.0 Å². The first-order valence-corrected chi connectivity index (χ1v) is 5.60. The second-order valence-electron chi connectivity index (χ2n) is 4.75. The molecule has 18 heavy (non-hydrogen) atoms. The predicted molar refractivity (Wildman–Crippen MR) is 73.1 cm³/mol. The molecule has 92 valence electrons. The van der Waals surface area contributed by atoms with Gasteiger partial charge in [0.15, 0.2) is 0 Å². The second kappa shape index (κ2) is 4.11. The molecule has 0 saturated heterocycles. The summed E-state index contributed by atoms with van der Waals surface area (Å²) in [6.45, 7) is 3.54. The summed E-state index contributed by atoms with van der Waals surface area (Å²) in [4.78, 5) is 15.0. The van der Waals surface area contributed by atoms with Gasteiger partial charge in [0.1, 0.15) is 5.69 Å². The Morgan fingerprint density at radius 3 is 2.83 bits per heavy atom. The Balaban J connectivity index is 2.32. The summed E-state index contributed by atoms with van der Waals surface area (Å²) in [6.07, 6.45) is 5.34. The minimum Gasteiger partial charge on any atom is -0.399 e. The number of rotatable bonds is 2. The molecule has 4 nitrogen and oxygen atoms in total. The Morgan fingerprint density at radius 1 is 1.44 bits per heavy atom. The smallest absolute Gasteiger partial charge is 0.268 e. The zero-order valence-corrected chi connectivity index (χ0v) is 10.4. The molecule has 0 radical (unpaired) electrons. The number of benzene rings is 1. The average Bonchev–Trinajstić information content (AvgIpc) is 2.71. The van der Waals surface area contributed by atoms with E-state index in [2.05, 4.69) is 16.2 Å². The van der Waals surface area contributed by atoms with Crippen LogP contribution < -0.4 is 11.1 Å². The Labute approximate surface area is 106 Å². The van der Waals surface area contributed by atoms with Gasteiger partial charge in [0, 0.05) is 16.6 Å². The number of nitrogens with one attached hydrogen (secondary N) is 2. The standard InChI is InChI=1S/C14H15N3O/c1-4-14(2,3)17-13(18)12-8-9-7-10(15)5-6-11(9)16-12/h1,5-8,16H,15H2,2-3H3,(H,17,18). The monoisotopic (exact) mass is 241 g/mol. The summed E-state index contributed by atoms with van der Waals surface area (Å²) in [7, 11) is 0. The minimum atomic E-state index is -0.673. The number of nitrogens with two attached hydrogens (primary N) is 1. The number of carbonyl (C=O) groups is 1. The maximum Gasteiger partial charge on any atom is 0.268 e. The third-order valence-electron chi connectivity index (χ3n) is 2.68. The summed E-state index contributed by atoms with van der Waals surface area (Å²) in [6, 6.07) is 7.20. The first kappa shape index (κ1) is 12.1. The minimum absolute atomic E-state index is 0.229. The number of anilines is 1. The molecule has 0 aliphatic rings. The predicted octanol–water partition coefficient (Wildman–Crippen LogP) is 1.89. The first-order chi connectivity index (χ1) is 8.41. The number of carbonyl (C=O) groups excluding carboxylic acids is 1. The molecular formula is C14H15N3O. The molecule has 0 bridgehead atoms. The lowest BCUT2D eigenvalue weighted by atomic mass is 10.1. The van der Waals surface area contributed by atoms with Crippen LogP contribution in [0.4, 0.5) is 5.69 Å². The third-order valence-corrected chi connectivity index (χ3v) is 2.68. The van der Waals surface area contributed by atoms with Crippen molar-refractivity contribution in [1.29, 1.82) is 0 Å². The number of aromatic nitrogens is 1. The highest BCUT2D eigenvalue weighted by atomic mass is 16.2. The van der Waals surface area contributed by atoms with Crippen LogP contribution in [0.25, 0.3) is 10.9 Å². The Kier molecular flexibility index (Phi) is 2.76. The molecule has 2 aromatic rings. The summed E-state index contributed by atoms with van der Waals surface area (Å²) in [5.41, 5.74) is 7.02. The van der Waals surface area contributed by atoms with Crippen LogP contribution in [-0.2, 0) is 0 Å². The van der Waals surface area contributed by atoms with Crippen LogP contribution in [0.3, 0.4) is 0 Å². The van der Waals surface area contributed by atoms with Gasteiger partial charge in [-0.3, -0.25) is 4.79 Å². The van der Waals surface area contributed by atoms with Gasteiger partial charge in [0.05, 0.1) is 5.54 Å². The van der Waals surface area contributed by atoms with E-state index in [-0.39, 0.29) is 5.91 Å². The average molecular weight is 241 g/mol. The van der Waals surface area contributed by atoms with Gasteiger partial charge in [-0.1, -0.05) is 5.92 Å². The van der Waals surface area contributed by atoms with E-state index in [0.717, 1.165) is 10.9 Å². The van der Waals surface area contributed by atoms with E-state index in [1.165, 1.54) is 0 Å². The highest BCUT2D eigenvalue weighted by Gasteiger charge is 2.19. The van der Waals surface area contributed by atoms with Crippen LogP contribution in [0.5, 0.6) is 0 Å². The highest BCUT2D eigenvalue weighted by molar-refractivity contribution is 5.99. The Morgan fingerprint density at radius 2 is 2.17 bits per heavy atom. The van der Waals surface area contributed by atoms with E-state index in [9.17, 15) is 4.79 Å². The molecule has 0 fully saturated rings. The maximum absolute atomic E-state index is 12.0. The zero-order chi connectivity index (χ0) is 13.3. The molecular weight excluding hydrogens is 226 g/mol. The Hall–Kier alpha value is -2.41. The summed E-state index contributed by atoms with van der Waals surface area (Å²) in [5.74, 6) is 2.29. The molecule has 0 saturated carbocycles. The molecule has 1 amide bonds. The van der Waals surface area contributed by atoms with Crippen molar-refractivity contribution in [2.45, 2.75) is 19.4 Å². The van der Waals surface area contributed by atoms with Crippen LogP contribution in [0.1, 0.15) is 24.3 Å². The van der Waals surface area contributed by atoms with Crippen molar-refractivity contribution in [3.63, 3.8) is 0 Å². The van der Waals surface area contributed by atoms with Gasteiger partial charge in [0.25, 0.3) is 5.91 Å². The molecule has 0 aliphatic carbocycles. The van der Waals surface area contributed by atoms with Crippen molar-refractivity contribution in [3.05, 3.63) is 30.0 Å². The van der Waals surface area contributed by atoms with Gasteiger partial charge in [0.2, 0.25) is 0 Å². The summed E-state index contributed by atoms with van der Waals surface area (Å²) >= 11 is 0. The fourth-order valence-electron chi connectivity index (χ4n) is 1.66. The molecule has 4 heteroatoms. The van der Waals surface area contributed by atoms with Crippen molar-refractivity contribution in [2.75, 3.05) is 5.73 Å². The normalized spacial score (nSPS) is 11.2. The number of hydrogen-bond acceptors (Lipinski definition) is 2. The number of terminal acetylenes is 1. The summed E-state index contributed by atoms with van der Waals surface area (Å²) < 4.78 is 0. The molecule has 4 N–H and O–H groups in total. The third kappa shape index (κ3) is 2.30. The van der Waals surface area contributed by atoms with E-state index in [0.29, 0.717) is 11.4 Å². The molecule has 2 rings (SSSR count). The number of aromatic amines is 1. The Bertz CT molecular complexity index is 647. The van der Waals surface area contributed by atoms with Crippen LogP contribution in [0, 0.1) is 12.3 Å². The van der Waals surface area contributed by atoms with Gasteiger partial charge < -0.3 is 16.0 Å². The number of hydrogen-bond donors (Lipinski definition) is 3. The lowest BCUT2D eigenvalue weighted by molar-refractivity contribution is 0.0925. The van der Waals surface area contributed by atoms with Crippen molar-refractivity contribution < 1.29 is 4.79 Å². The summed E-state index contributed by atoms with van der Waals surface area (Å²) in [5, 5.41) is 3.66. The number of H-pyrrole nitrogens is 1. The fourth-order valence-corrected chi connectivity index (χ4v) is 1.66. The second-order valence-corrected chi connectivity index (χ2v) is 4.75. The lowest BCUT2D eigenvalue weighted by Crippen LogP contribution is -2.42. The van der Waals surface area contributed by atoms with Crippen LogP contribution >= 0.6 is 0 Å². The van der Waals surface area contributed by atoms with Gasteiger partial charge in [-0.25, -0.2) is 0 Å². The van der Waals surface area contributed by atoms with Crippen LogP contribution in [-0.4, -0.2) is 16.4 Å². The van der Waals surface area contributed by atoms with Crippen molar-refractivity contribution in [2.24, 2.45) is 0 Å². The highest BCUT2D eigenvalue weighted by Crippen LogP contribution is 2.18. The van der Waals surface area contributed by atoms with E-state index >= 15 is 0 Å². The number of nitrogen functional groups attached to an aromatic ring is 1. The number of fused-ring (bicyclic) bond motifs is 1. The lowest BCUT2D eigenvalue weighted by Gasteiger charge is -2.18. The molecule has 0 aliphatic heterocycles. The molecule has 0 spiro atoms. The van der Waals surface area contributed by atoms with E-state index < -0.39 is 5.54 Å². The van der Waals surface area contributed by atoms with Crippen LogP contribution in [0.2, 0.25) is 0 Å². The molecule has 0 unspecified atom stereocenters. The molecule has 1 aromatic carbocycles. The van der Waals surface area contributed by atoms with Crippen molar-refractivity contribution in [3.8, 4) is 12.3 Å². The van der Waals surface area contributed by atoms with Crippen LogP contribution in [0.15, 0.2) is 24.3 Å². The molecule has 0 atom stereocenters. The van der Waals surface area contributed by atoms with Gasteiger partial charge in [-0.05, 0) is 38.1 Å². The van der Waals surface area contributed by atoms with E-state index in [1.807, 2.05) is 12.1 Å². The zero-order valence-electron chi connectivity index (χ0n) is 10.4. The van der Waals surface area contributed by atoms with Gasteiger partial charge in [-0.2, -0.15) is 0 Å². The quantitative estimate of drug-likeness (QED) is 0.555. The van der Waals surface area contributed by atoms with Gasteiger partial charge in [-0.15, -0.1) is 6.42 Å². The molecule has 1 heterocycles. The first-order valence-electron chi connectivity index (χ1n) is 5.60. The van der Waals surface area contributed by atoms with Crippen molar-refractivity contribution in [1.82, 2.24) is 10.3 Å². The largest absolute Gasteiger partial charge is 0.399 e. The fraction of sp³-hybridized carbons (Fsp3) is 0.214. The SMILES string of the molecule is C#CC(C)(C)NC(=O)c1cc2cc(N)ccc2[nH]1. The molecule has 1 aromatic heterocycles. The maximum atomic E-state index is 12.0. The van der Waals surface area contributed by atoms with Crippen molar-refractivity contribution >= 4 is 22.5 Å². The van der Waals surface area contributed by atoms with Gasteiger partial charge >= 0.3 is 0 Å². The van der Waals surface area contributed by atoms with E-state index in [4.69, 9.17) is 12.2 Å².